The van der Waals surface area contributed by atoms with Crippen molar-refractivity contribution in [3.05, 3.63) is 78.9 Å². The van der Waals surface area contributed by atoms with E-state index in [1.807, 2.05) is 48.6 Å². The summed E-state index contributed by atoms with van der Waals surface area (Å²) in [5.74, 6) is 0.680. The molecule has 0 saturated carbocycles. The Morgan fingerprint density at radius 3 is 2.30 bits per heavy atom. The lowest BCUT2D eigenvalue weighted by Gasteiger charge is -2.04. The number of hydrogen-bond donors (Lipinski definition) is 1. The molecule has 0 saturated heterocycles. The molecule has 0 radical (unpaired) electrons. The van der Waals surface area contributed by atoms with E-state index in [2.05, 4.69) is 13.2 Å². The zero-order valence-corrected chi connectivity index (χ0v) is 11.8. The Kier molecular flexibility index (Phi) is 6.69. The Morgan fingerprint density at radius 2 is 1.80 bits per heavy atom. The van der Waals surface area contributed by atoms with Crippen LogP contribution in [0.5, 0.6) is 11.5 Å². The van der Waals surface area contributed by atoms with Crippen molar-refractivity contribution in [2.24, 2.45) is 0 Å². The minimum absolute atomic E-state index is 0.172. The van der Waals surface area contributed by atoms with Crippen molar-refractivity contribution in [3.63, 3.8) is 0 Å². The maximum Gasteiger partial charge on any atom is 0.160 e. The lowest BCUT2D eigenvalue weighted by atomic mass is 10.1. The van der Waals surface area contributed by atoms with E-state index < -0.39 is 0 Å². The standard InChI is InChI=1S/C10H12O2.C8H8/c1-3-4-8-5-6-9(11)10(7-8)12-2;1-2-8-6-4-3-5-7-8/h3,5-7,11H,1,4H2,2H3;2-7H,1H2. The fourth-order valence-electron chi connectivity index (χ4n) is 1.60. The zero-order chi connectivity index (χ0) is 14.8. The molecule has 0 aliphatic carbocycles. The van der Waals surface area contributed by atoms with Gasteiger partial charge in [0.1, 0.15) is 0 Å². The van der Waals surface area contributed by atoms with E-state index in [1.54, 1.807) is 12.1 Å². The Hall–Kier alpha value is -2.48. The highest BCUT2D eigenvalue weighted by Crippen LogP contribution is 2.26. The van der Waals surface area contributed by atoms with E-state index in [1.165, 1.54) is 12.7 Å². The number of aromatic hydroxyl groups is 1. The van der Waals surface area contributed by atoms with Crippen LogP contribution < -0.4 is 4.74 Å². The molecule has 0 amide bonds. The van der Waals surface area contributed by atoms with Crippen LogP contribution in [-0.4, -0.2) is 12.2 Å². The third-order valence-corrected chi connectivity index (χ3v) is 2.66. The van der Waals surface area contributed by atoms with Gasteiger partial charge >= 0.3 is 0 Å². The molecular weight excluding hydrogens is 248 g/mol. The van der Waals surface area contributed by atoms with Gasteiger partial charge in [0.2, 0.25) is 0 Å². The second-order valence-electron chi connectivity index (χ2n) is 4.11. The van der Waals surface area contributed by atoms with E-state index in [-0.39, 0.29) is 5.75 Å². The SMILES string of the molecule is C=CCc1ccc(O)c(OC)c1.C=Cc1ccccc1. The van der Waals surface area contributed by atoms with Crippen LogP contribution in [0, 0.1) is 0 Å². The van der Waals surface area contributed by atoms with Crippen LogP contribution in [0.2, 0.25) is 0 Å². The summed E-state index contributed by atoms with van der Waals surface area (Å²) in [4.78, 5) is 0. The largest absolute Gasteiger partial charge is 0.504 e. The van der Waals surface area contributed by atoms with Crippen molar-refractivity contribution < 1.29 is 9.84 Å². The zero-order valence-electron chi connectivity index (χ0n) is 11.8. The van der Waals surface area contributed by atoms with Crippen LogP contribution in [0.25, 0.3) is 6.08 Å². The van der Waals surface area contributed by atoms with E-state index in [9.17, 15) is 5.11 Å². The fourth-order valence-corrected chi connectivity index (χ4v) is 1.60. The summed E-state index contributed by atoms with van der Waals surface area (Å²) in [6.07, 6.45) is 4.43. The molecule has 2 rings (SSSR count). The Balaban J connectivity index is 0.000000217. The van der Waals surface area contributed by atoms with Crippen LogP contribution in [-0.2, 0) is 6.42 Å². The number of phenols is 1. The average molecular weight is 268 g/mol. The highest BCUT2D eigenvalue weighted by molar-refractivity contribution is 5.45. The van der Waals surface area contributed by atoms with Gasteiger partial charge in [-0.2, -0.15) is 0 Å². The first-order valence-corrected chi connectivity index (χ1v) is 6.35. The first-order chi connectivity index (χ1) is 9.71. The molecule has 0 spiro atoms. The molecule has 2 heteroatoms. The summed E-state index contributed by atoms with van der Waals surface area (Å²) in [6.45, 7) is 7.26. The topological polar surface area (TPSA) is 29.5 Å². The molecule has 2 aromatic carbocycles. The van der Waals surface area contributed by atoms with E-state index in [0.717, 1.165) is 12.0 Å². The maximum atomic E-state index is 9.25. The third kappa shape index (κ3) is 5.02. The molecule has 20 heavy (non-hydrogen) atoms. The first-order valence-electron chi connectivity index (χ1n) is 6.35. The minimum atomic E-state index is 0.172. The monoisotopic (exact) mass is 268 g/mol. The summed E-state index contributed by atoms with van der Waals surface area (Å²) >= 11 is 0. The summed E-state index contributed by atoms with van der Waals surface area (Å²) < 4.78 is 4.95. The van der Waals surface area contributed by atoms with Gasteiger partial charge in [0.05, 0.1) is 7.11 Å². The van der Waals surface area contributed by atoms with Crippen LogP contribution in [0.15, 0.2) is 67.8 Å². The van der Waals surface area contributed by atoms with Gasteiger partial charge in [-0.1, -0.05) is 55.1 Å². The predicted molar refractivity (Wildman–Crippen MR) is 85.1 cm³/mol. The van der Waals surface area contributed by atoms with Gasteiger partial charge in [0, 0.05) is 0 Å². The number of allylic oxidation sites excluding steroid dienone is 1. The van der Waals surface area contributed by atoms with Gasteiger partial charge in [-0.3, -0.25) is 0 Å². The number of phenolic OH excluding ortho intramolecular Hbond substituents is 1. The highest BCUT2D eigenvalue weighted by Gasteiger charge is 2.00. The lowest BCUT2D eigenvalue weighted by Crippen LogP contribution is -1.86. The van der Waals surface area contributed by atoms with Crippen LogP contribution >= 0.6 is 0 Å². The summed E-state index contributed by atoms with van der Waals surface area (Å²) in [5, 5.41) is 9.25. The van der Waals surface area contributed by atoms with E-state index in [0.29, 0.717) is 5.75 Å². The number of hydrogen-bond acceptors (Lipinski definition) is 2. The predicted octanol–water partition coefficient (Wildman–Crippen LogP) is 4.46. The molecule has 0 atom stereocenters. The van der Waals surface area contributed by atoms with E-state index >= 15 is 0 Å². The van der Waals surface area contributed by atoms with Crippen LogP contribution in [0.1, 0.15) is 11.1 Å². The Morgan fingerprint density at radius 1 is 1.10 bits per heavy atom. The first kappa shape index (κ1) is 15.6. The van der Waals surface area contributed by atoms with Crippen molar-refractivity contribution in [2.45, 2.75) is 6.42 Å². The second kappa shape index (κ2) is 8.59. The van der Waals surface area contributed by atoms with Gasteiger partial charge < -0.3 is 9.84 Å². The third-order valence-electron chi connectivity index (χ3n) is 2.66. The van der Waals surface area contributed by atoms with Crippen LogP contribution in [0.3, 0.4) is 0 Å². The van der Waals surface area contributed by atoms with Gasteiger partial charge in [0.25, 0.3) is 0 Å². The van der Waals surface area contributed by atoms with Crippen molar-refractivity contribution in [3.8, 4) is 11.5 Å². The maximum absolute atomic E-state index is 9.25. The molecule has 0 bridgehead atoms. The van der Waals surface area contributed by atoms with Crippen LogP contribution in [0.4, 0.5) is 0 Å². The van der Waals surface area contributed by atoms with Crippen molar-refractivity contribution in [1.82, 2.24) is 0 Å². The quantitative estimate of drug-likeness (QED) is 0.830. The molecule has 0 unspecified atom stereocenters. The highest BCUT2D eigenvalue weighted by atomic mass is 16.5. The Bertz CT molecular complexity index is 545. The van der Waals surface area contributed by atoms with E-state index in [4.69, 9.17) is 4.74 Å². The van der Waals surface area contributed by atoms with Crippen molar-refractivity contribution in [1.29, 1.82) is 0 Å². The van der Waals surface area contributed by atoms with Gasteiger partial charge in [-0.25, -0.2) is 0 Å². The minimum Gasteiger partial charge on any atom is -0.504 e. The summed E-state index contributed by atoms with van der Waals surface area (Å²) in [6, 6.07) is 15.3. The molecular formula is C18H20O2. The average Bonchev–Trinajstić information content (AvgIpc) is 2.51. The molecule has 1 N–H and O–H groups in total. The van der Waals surface area contributed by atoms with Gasteiger partial charge in [0.15, 0.2) is 11.5 Å². The fraction of sp³-hybridized carbons (Fsp3) is 0.111. The molecule has 0 heterocycles. The molecule has 0 fully saturated rings. The molecule has 104 valence electrons. The summed E-state index contributed by atoms with van der Waals surface area (Å²) in [5.41, 5.74) is 2.26. The number of benzene rings is 2. The lowest BCUT2D eigenvalue weighted by molar-refractivity contribution is 0.373. The second-order valence-corrected chi connectivity index (χ2v) is 4.11. The van der Waals surface area contributed by atoms with Crippen molar-refractivity contribution in [2.75, 3.05) is 7.11 Å². The molecule has 0 aliphatic rings. The molecule has 0 aromatic heterocycles. The number of methoxy groups -OCH3 is 1. The van der Waals surface area contributed by atoms with Gasteiger partial charge in [-0.05, 0) is 29.7 Å². The van der Waals surface area contributed by atoms with Crippen molar-refractivity contribution >= 4 is 6.08 Å². The number of ether oxygens (including phenoxy) is 1. The summed E-state index contributed by atoms with van der Waals surface area (Å²) in [7, 11) is 1.53. The van der Waals surface area contributed by atoms with Gasteiger partial charge in [-0.15, -0.1) is 6.58 Å². The normalized spacial score (nSPS) is 9.05. The smallest absolute Gasteiger partial charge is 0.160 e. The molecule has 0 aliphatic heterocycles. The molecule has 2 nitrogen and oxygen atoms in total. The Labute approximate surface area is 120 Å². The molecule has 2 aromatic rings. The number of rotatable bonds is 4.